The molecule has 0 saturated carbocycles. The van der Waals surface area contributed by atoms with Crippen LogP contribution in [0.5, 0.6) is 0 Å². The summed E-state index contributed by atoms with van der Waals surface area (Å²) in [6, 6.07) is 115. The molecular weight excluding hydrogens is 1320 g/mol. The average molecular weight is 1410 g/mol. The van der Waals surface area contributed by atoms with E-state index in [9.17, 15) is 0 Å². The summed E-state index contributed by atoms with van der Waals surface area (Å²) in [6.07, 6.45) is 0. The quantitative estimate of drug-likeness (QED) is 0.148. The molecule has 6 heterocycles. The molecular formula is C100H85B2N5S. The van der Waals surface area contributed by atoms with Crippen LogP contribution < -0.4 is 47.5 Å². The second-order valence-corrected chi connectivity index (χ2v) is 35.6. The molecule has 0 radical (unpaired) electrons. The second-order valence-electron chi connectivity index (χ2n) is 34.5. The molecule has 108 heavy (non-hydrogen) atoms. The molecule has 0 N–H and O–H groups in total. The Morgan fingerprint density at radius 3 is 1.08 bits per heavy atom. The first-order valence-electron chi connectivity index (χ1n) is 38.5. The molecule has 2 aromatic heterocycles. The molecule has 0 aliphatic carbocycles. The van der Waals surface area contributed by atoms with Gasteiger partial charge in [0, 0.05) is 93.6 Å². The summed E-state index contributed by atoms with van der Waals surface area (Å²) in [5, 5.41) is 4.99. The molecule has 0 bridgehead atoms. The van der Waals surface area contributed by atoms with Gasteiger partial charge in [0.25, 0.3) is 6.71 Å². The highest BCUT2D eigenvalue weighted by molar-refractivity contribution is 8.00. The van der Waals surface area contributed by atoms with Crippen molar-refractivity contribution in [2.75, 3.05) is 14.7 Å². The largest absolute Gasteiger partial charge is 0.311 e. The van der Waals surface area contributed by atoms with Crippen LogP contribution in [-0.2, 0) is 21.7 Å². The Bertz CT molecular complexity index is 6200. The Morgan fingerprint density at radius 1 is 0.250 bits per heavy atom. The Balaban J connectivity index is 0.952. The fourth-order valence-corrected chi connectivity index (χ4v) is 19.5. The van der Waals surface area contributed by atoms with E-state index in [2.05, 4.69) is 404 Å². The monoisotopic (exact) mass is 1410 g/mol. The van der Waals surface area contributed by atoms with E-state index >= 15 is 0 Å². The molecule has 16 aromatic rings. The van der Waals surface area contributed by atoms with Crippen molar-refractivity contribution in [1.29, 1.82) is 0 Å². The number of fused-ring (bicyclic) bond motifs is 14. The number of para-hydroxylation sites is 4. The average Bonchev–Trinajstić information content (AvgIpc) is 0.724. The molecule has 0 atom stereocenters. The smallest absolute Gasteiger partial charge is 0.252 e. The van der Waals surface area contributed by atoms with E-state index in [-0.39, 0.29) is 35.1 Å². The van der Waals surface area contributed by atoms with Gasteiger partial charge in [-0.2, -0.15) is 0 Å². The minimum Gasteiger partial charge on any atom is -0.311 e. The van der Waals surface area contributed by atoms with Gasteiger partial charge < -0.3 is 23.8 Å². The number of rotatable bonds is 7. The zero-order chi connectivity index (χ0) is 73.6. The van der Waals surface area contributed by atoms with Crippen LogP contribution in [0.25, 0.3) is 77.2 Å². The van der Waals surface area contributed by atoms with Crippen LogP contribution in [0.15, 0.2) is 307 Å². The van der Waals surface area contributed by atoms with Crippen LogP contribution in [-0.4, -0.2) is 22.6 Å². The molecule has 20 rings (SSSR count). The third-order valence-corrected chi connectivity index (χ3v) is 24.9. The molecule has 14 aromatic carbocycles. The molecule has 8 heteroatoms. The maximum absolute atomic E-state index is 2.74. The lowest BCUT2D eigenvalue weighted by Gasteiger charge is -2.47. The zero-order valence-electron chi connectivity index (χ0n) is 63.6. The maximum atomic E-state index is 2.74. The molecule has 0 fully saturated rings. The van der Waals surface area contributed by atoms with Gasteiger partial charge in [0.2, 0.25) is 6.71 Å². The fraction of sp³-hybridized carbons (Fsp3) is 0.160. The van der Waals surface area contributed by atoms with Gasteiger partial charge in [0.1, 0.15) is 0 Å². The number of hydrogen-bond donors (Lipinski definition) is 0. The van der Waals surface area contributed by atoms with Gasteiger partial charge in [-0.3, -0.25) is 0 Å². The zero-order valence-corrected chi connectivity index (χ0v) is 64.4. The van der Waals surface area contributed by atoms with E-state index in [0.717, 1.165) is 73.4 Å². The van der Waals surface area contributed by atoms with Crippen LogP contribution in [0.1, 0.15) is 105 Å². The Labute approximate surface area is 639 Å². The minimum absolute atomic E-state index is 0.0764. The third kappa shape index (κ3) is 10.2. The molecule has 0 spiro atoms. The lowest BCUT2D eigenvalue weighted by molar-refractivity contribution is 0.590. The maximum Gasteiger partial charge on any atom is 0.252 e. The number of nitrogens with zero attached hydrogens (tertiary/aromatic N) is 5. The van der Waals surface area contributed by atoms with E-state index in [1.165, 1.54) is 120 Å². The van der Waals surface area contributed by atoms with Gasteiger partial charge in [-0.25, -0.2) is 0 Å². The highest BCUT2D eigenvalue weighted by Gasteiger charge is 2.49. The normalized spacial score (nSPS) is 13.8. The molecule has 0 saturated heterocycles. The molecule has 4 aliphatic rings. The van der Waals surface area contributed by atoms with Gasteiger partial charge in [0.05, 0.1) is 33.4 Å². The molecule has 522 valence electrons. The van der Waals surface area contributed by atoms with Gasteiger partial charge in [-0.1, -0.05) is 307 Å². The van der Waals surface area contributed by atoms with E-state index < -0.39 is 0 Å². The van der Waals surface area contributed by atoms with E-state index in [0.29, 0.717) is 0 Å². The number of anilines is 9. The van der Waals surface area contributed by atoms with Crippen LogP contribution >= 0.6 is 11.8 Å². The first-order chi connectivity index (χ1) is 52.1. The second kappa shape index (κ2) is 24.0. The lowest BCUT2D eigenvalue weighted by atomic mass is 9.30. The molecule has 5 nitrogen and oxygen atoms in total. The summed E-state index contributed by atoms with van der Waals surface area (Å²) < 4.78 is 5.23. The highest BCUT2D eigenvalue weighted by atomic mass is 32.2. The van der Waals surface area contributed by atoms with E-state index in [1.54, 1.807) is 0 Å². The van der Waals surface area contributed by atoms with E-state index in [1.807, 2.05) is 11.8 Å². The third-order valence-electron chi connectivity index (χ3n) is 23.7. The summed E-state index contributed by atoms with van der Waals surface area (Å²) in [5.41, 5.74) is 34.4. The van der Waals surface area contributed by atoms with Crippen LogP contribution in [0.3, 0.4) is 0 Å². The van der Waals surface area contributed by atoms with Crippen LogP contribution in [0, 0.1) is 0 Å². The van der Waals surface area contributed by atoms with Crippen molar-refractivity contribution in [2.24, 2.45) is 0 Å². The van der Waals surface area contributed by atoms with Crippen molar-refractivity contribution in [3.63, 3.8) is 0 Å². The van der Waals surface area contributed by atoms with Crippen molar-refractivity contribution in [1.82, 2.24) is 9.13 Å². The van der Waals surface area contributed by atoms with Gasteiger partial charge in [0.15, 0.2) is 0 Å². The van der Waals surface area contributed by atoms with Crippen molar-refractivity contribution >= 4 is 153 Å². The van der Waals surface area contributed by atoms with Gasteiger partial charge in [-0.15, -0.1) is 0 Å². The first kappa shape index (κ1) is 66.0. The summed E-state index contributed by atoms with van der Waals surface area (Å²) in [4.78, 5) is 10.5. The predicted molar refractivity (Wildman–Crippen MR) is 465 cm³/mol. The summed E-state index contributed by atoms with van der Waals surface area (Å²) >= 11 is 1.93. The molecule has 4 aliphatic heterocycles. The summed E-state index contributed by atoms with van der Waals surface area (Å²) in [7, 11) is 0. The number of hydrogen-bond acceptors (Lipinski definition) is 4. The minimum atomic E-state index is -0.216. The summed E-state index contributed by atoms with van der Waals surface area (Å²) in [5.74, 6) is 0. The Hall–Kier alpha value is -11.4. The Morgan fingerprint density at radius 2 is 0.620 bits per heavy atom. The van der Waals surface area contributed by atoms with Crippen molar-refractivity contribution in [3.8, 4) is 33.6 Å². The fourth-order valence-electron chi connectivity index (χ4n) is 18.3. The van der Waals surface area contributed by atoms with Crippen molar-refractivity contribution < 1.29 is 0 Å². The van der Waals surface area contributed by atoms with Gasteiger partial charge in [-0.05, 0) is 173 Å². The first-order valence-corrected chi connectivity index (χ1v) is 39.3. The van der Waals surface area contributed by atoms with Gasteiger partial charge >= 0.3 is 0 Å². The topological polar surface area (TPSA) is 19.6 Å². The highest BCUT2D eigenvalue weighted by Crippen LogP contribution is 2.54. The van der Waals surface area contributed by atoms with Crippen LogP contribution in [0.4, 0.5) is 51.2 Å². The SMILES string of the molecule is CC(C)(C)c1ccc2c3ccc(C(C)(C)C)cc3n(-c3cc4c5c(c3)N(c3ccccc3)c3cc6c(cc3B5c3ccccc3S4)B3c4ccccc4N(c4ccccc4)c4cc(-n5c7cc(C(C)(C)C)ccc7c7ccc(C(C)(C)C)cc75)cc(c43)N6c3c(-c4ccccc4)cccc3-c3ccccc3)c2c1. The number of aromatic nitrogens is 2. The predicted octanol–water partition coefficient (Wildman–Crippen LogP) is 23.3. The van der Waals surface area contributed by atoms with Crippen molar-refractivity contribution in [3.05, 3.63) is 320 Å². The molecule has 0 unspecified atom stereocenters. The standard InChI is InChI=1S/C100H85B2N5S/c1-97(2,3)64-44-48-74-75-49-45-65(98(4,5)6)53-84(75)105(83(74)52-64)70-56-89-94-90(57-70)107(96-72(62-30-17-13-18-31-62)38-29-39-73(96)63-32-19-14-20-33-63)88-61-87-80(60-81(88)101(94)78-40-25-27-42-82(78)103(89)68-34-21-15-22-35-68)102-79-41-26-28-43-92(79)108-93-59-71(58-91(95(93)102)104(87)69-36-23-16-24-37-69)106-85-54-66(99(7,8)9)46-50-76(85)77-51-47-67(55-86(77)106)100(10,11)12/h13-61H,1-12H3. The Kier molecular flexibility index (Phi) is 14.7. The summed E-state index contributed by atoms with van der Waals surface area (Å²) in [6.45, 7) is 27.8. The lowest BCUT2D eigenvalue weighted by Crippen LogP contribution is -2.64. The number of benzene rings is 14. The molecule has 0 amide bonds. The van der Waals surface area contributed by atoms with Crippen molar-refractivity contribution in [2.45, 2.75) is 115 Å². The van der Waals surface area contributed by atoms with E-state index in [4.69, 9.17) is 0 Å². The van der Waals surface area contributed by atoms with Crippen LogP contribution in [0.2, 0.25) is 0 Å².